The molecule has 0 amide bonds. The summed E-state index contributed by atoms with van der Waals surface area (Å²) in [5.41, 5.74) is 8.45. The van der Waals surface area contributed by atoms with Crippen LogP contribution in [0.15, 0.2) is 18.3 Å². The first-order chi connectivity index (χ1) is 7.74. The molecule has 0 spiro atoms. The summed E-state index contributed by atoms with van der Waals surface area (Å²) in [7, 11) is 0. The fraction of sp³-hybridized carbons (Fsp3) is 0.615. The molecule has 1 aromatic rings. The monoisotopic (exact) mass is 219 g/mol. The van der Waals surface area contributed by atoms with E-state index in [9.17, 15) is 0 Å². The number of hydrogen-bond acceptors (Lipinski definition) is 3. The molecule has 0 radical (unpaired) electrons. The molecule has 1 heterocycles. The molecule has 1 aromatic heterocycles. The molecule has 0 saturated heterocycles. The summed E-state index contributed by atoms with van der Waals surface area (Å²) in [6.07, 6.45) is 7.03. The maximum Gasteiger partial charge on any atom is 0.0393 e. The van der Waals surface area contributed by atoms with Crippen LogP contribution in [0, 0.1) is 12.3 Å². The van der Waals surface area contributed by atoms with Crippen molar-refractivity contribution in [1.82, 2.24) is 4.98 Å². The predicted octanol–water partition coefficient (Wildman–Crippen LogP) is 2.32. The van der Waals surface area contributed by atoms with Crippen molar-refractivity contribution in [3.8, 4) is 0 Å². The largest absolute Gasteiger partial charge is 0.384 e. The zero-order chi connectivity index (χ0) is 11.4. The normalized spacial score (nSPS) is 18.6. The average Bonchev–Trinajstić information content (AvgIpc) is 2.76. The first-order valence-electron chi connectivity index (χ1n) is 6.11. The Morgan fingerprint density at radius 3 is 2.81 bits per heavy atom. The molecule has 2 rings (SSSR count). The molecular weight excluding hydrogens is 198 g/mol. The minimum atomic E-state index is 0.331. The van der Waals surface area contributed by atoms with E-state index >= 15 is 0 Å². The van der Waals surface area contributed by atoms with Gasteiger partial charge in [0.05, 0.1) is 0 Å². The van der Waals surface area contributed by atoms with Crippen molar-refractivity contribution in [2.75, 3.05) is 18.4 Å². The second kappa shape index (κ2) is 4.83. The van der Waals surface area contributed by atoms with Gasteiger partial charge in [0.15, 0.2) is 0 Å². The summed E-state index contributed by atoms with van der Waals surface area (Å²) in [6, 6.07) is 4.10. The van der Waals surface area contributed by atoms with Crippen LogP contribution in [-0.4, -0.2) is 18.1 Å². The molecule has 3 nitrogen and oxygen atoms in total. The fourth-order valence-corrected chi connectivity index (χ4v) is 2.52. The maximum atomic E-state index is 5.91. The van der Waals surface area contributed by atoms with Gasteiger partial charge in [-0.15, -0.1) is 0 Å². The van der Waals surface area contributed by atoms with Crippen LogP contribution < -0.4 is 11.1 Å². The second-order valence-corrected chi connectivity index (χ2v) is 4.95. The van der Waals surface area contributed by atoms with Gasteiger partial charge >= 0.3 is 0 Å². The molecule has 3 N–H and O–H groups in total. The molecule has 1 aliphatic rings. The predicted molar refractivity (Wildman–Crippen MR) is 67.4 cm³/mol. The topological polar surface area (TPSA) is 50.9 Å². The Morgan fingerprint density at radius 1 is 1.44 bits per heavy atom. The van der Waals surface area contributed by atoms with Gasteiger partial charge in [0.2, 0.25) is 0 Å². The van der Waals surface area contributed by atoms with Gasteiger partial charge in [-0.05, 0) is 43.9 Å². The highest BCUT2D eigenvalue weighted by Gasteiger charge is 2.31. The third-order valence-corrected chi connectivity index (χ3v) is 3.66. The van der Waals surface area contributed by atoms with Crippen molar-refractivity contribution in [2.45, 2.75) is 32.6 Å². The standard InChI is InChI=1S/C13H21N3/c1-11-8-12(4-7-15-11)16-10-13(9-14)5-2-3-6-13/h4,7-8H,2-3,5-6,9-10,14H2,1H3,(H,15,16). The first-order valence-corrected chi connectivity index (χ1v) is 6.11. The molecule has 0 bridgehead atoms. The Balaban J connectivity index is 1.95. The minimum absolute atomic E-state index is 0.331. The molecular formula is C13H21N3. The molecule has 1 aliphatic carbocycles. The average molecular weight is 219 g/mol. The molecule has 0 aliphatic heterocycles. The third-order valence-electron chi connectivity index (χ3n) is 3.66. The molecule has 88 valence electrons. The van der Waals surface area contributed by atoms with Crippen molar-refractivity contribution >= 4 is 5.69 Å². The molecule has 1 saturated carbocycles. The quantitative estimate of drug-likeness (QED) is 0.817. The lowest BCUT2D eigenvalue weighted by atomic mass is 9.86. The van der Waals surface area contributed by atoms with E-state index in [0.29, 0.717) is 5.41 Å². The number of pyridine rings is 1. The molecule has 1 fully saturated rings. The van der Waals surface area contributed by atoms with Gasteiger partial charge in [0.25, 0.3) is 0 Å². The molecule has 3 heteroatoms. The van der Waals surface area contributed by atoms with Gasteiger partial charge in [0.1, 0.15) is 0 Å². The van der Waals surface area contributed by atoms with E-state index in [4.69, 9.17) is 5.73 Å². The summed E-state index contributed by atoms with van der Waals surface area (Å²) in [5, 5.41) is 3.50. The van der Waals surface area contributed by atoms with Crippen molar-refractivity contribution in [3.63, 3.8) is 0 Å². The Kier molecular flexibility index (Phi) is 3.44. The molecule has 0 atom stereocenters. The van der Waals surface area contributed by atoms with E-state index in [1.165, 1.54) is 25.7 Å². The van der Waals surface area contributed by atoms with Crippen LogP contribution in [0.3, 0.4) is 0 Å². The van der Waals surface area contributed by atoms with Gasteiger partial charge in [-0.25, -0.2) is 0 Å². The highest BCUT2D eigenvalue weighted by Crippen LogP contribution is 2.37. The van der Waals surface area contributed by atoms with Gasteiger partial charge in [0, 0.05) is 24.1 Å². The molecule has 16 heavy (non-hydrogen) atoms. The highest BCUT2D eigenvalue weighted by atomic mass is 14.9. The molecule has 0 unspecified atom stereocenters. The number of aromatic nitrogens is 1. The number of nitrogens with two attached hydrogens (primary N) is 1. The Labute approximate surface area is 97.5 Å². The van der Waals surface area contributed by atoms with Crippen molar-refractivity contribution in [2.24, 2.45) is 11.1 Å². The van der Waals surface area contributed by atoms with E-state index in [0.717, 1.165) is 24.5 Å². The summed E-state index contributed by atoms with van der Waals surface area (Å²) < 4.78 is 0. The summed E-state index contributed by atoms with van der Waals surface area (Å²) >= 11 is 0. The Hall–Kier alpha value is -1.09. The van der Waals surface area contributed by atoms with Crippen molar-refractivity contribution in [1.29, 1.82) is 0 Å². The van der Waals surface area contributed by atoms with E-state index in [1.807, 2.05) is 19.2 Å². The number of aryl methyl sites for hydroxylation is 1. The number of anilines is 1. The smallest absolute Gasteiger partial charge is 0.0393 e. The number of hydrogen-bond donors (Lipinski definition) is 2. The third kappa shape index (κ3) is 2.53. The Bertz CT molecular complexity index is 343. The van der Waals surface area contributed by atoms with Crippen LogP contribution in [0.5, 0.6) is 0 Å². The van der Waals surface area contributed by atoms with E-state index in [2.05, 4.69) is 16.4 Å². The number of rotatable bonds is 4. The fourth-order valence-electron chi connectivity index (χ4n) is 2.52. The van der Waals surface area contributed by atoms with Gasteiger partial charge in [-0.1, -0.05) is 12.8 Å². The van der Waals surface area contributed by atoms with Crippen LogP contribution >= 0.6 is 0 Å². The summed E-state index contributed by atoms with van der Waals surface area (Å²) in [4.78, 5) is 4.19. The lowest BCUT2D eigenvalue weighted by Crippen LogP contribution is -2.34. The van der Waals surface area contributed by atoms with Gasteiger partial charge in [-0.3, -0.25) is 4.98 Å². The molecule has 0 aromatic carbocycles. The van der Waals surface area contributed by atoms with Crippen LogP contribution in [0.1, 0.15) is 31.4 Å². The maximum absolute atomic E-state index is 5.91. The van der Waals surface area contributed by atoms with Crippen molar-refractivity contribution < 1.29 is 0 Å². The highest BCUT2D eigenvalue weighted by molar-refractivity contribution is 5.43. The van der Waals surface area contributed by atoms with E-state index in [1.54, 1.807) is 0 Å². The van der Waals surface area contributed by atoms with Crippen LogP contribution in [-0.2, 0) is 0 Å². The Morgan fingerprint density at radius 2 is 2.19 bits per heavy atom. The summed E-state index contributed by atoms with van der Waals surface area (Å²) in [6.45, 7) is 3.80. The zero-order valence-electron chi connectivity index (χ0n) is 10.00. The van der Waals surface area contributed by atoms with E-state index in [-0.39, 0.29) is 0 Å². The van der Waals surface area contributed by atoms with Gasteiger partial charge < -0.3 is 11.1 Å². The van der Waals surface area contributed by atoms with Crippen LogP contribution in [0.2, 0.25) is 0 Å². The first kappa shape index (κ1) is 11.4. The number of nitrogens with one attached hydrogen (secondary N) is 1. The van der Waals surface area contributed by atoms with Crippen LogP contribution in [0.4, 0.5) is 5.69 Å². The SMILES string of the molecule is Cc1cc(NCC2(CN)CCCC2)ccn1. The summed E-state index contributed by atoms with van der Waals surface area (Å²) in [5.74, 6) is 0. The second-order valence-electron chi connectivity index (χ2n) is 4.95. The zero-order valence-corrected chi connectivity index (χ0v) is 10.00. The number of nitrogens with zero attached hydrogens (tertiary/aromatic N) is 1. The lowest BCUT2D eigenvalue weighted by molar-refractivity contribution is 0.332. The lowest BCUT2D eigenvalue weighted by Gasteiger charge is -2.27. The minimum Gasteiger partial charge on any atom is -0.384 e. The van der Waals surface area contributed by atoms with Gasteiger partial charge in [-0.2, -0.15) is 0 Å². The van der Waals surface area contributed by atoms with Crippen LogP contribution in [0.25, 0.3) is 0 Å². The van der Waals surface area contributed by atoms with Crippen molar-refractivity contribution in [3.05, 3.63) is 24.0 Å². The van der Waals surface area contributed by atoms with E-state index < -0.39 is 0 Å².